The van der Waals surface area contributed by atoms with Gasteiger partial charge in [0.25, 0.3) is 5.91 Å². The van der Waals surface area contributed by atoms with Crippen molar-refractivity contribution in [3.05, 3.63) is 78.6 Å². The summed E-state index contributed by atoms with van der Waals surface area (Å²) in [5, 5.41) is 11.6. The Kier molecular flexibility index (Phi) is 3.47. The third-order valence-corrected chi connectivity index (χ3v) is 4.50. The summed E-state index contributed by atoms with van der Waals surface area (Å²) >= 11 is 0. The van der Waals surface area contributed by atoms with Gasteiger partial charge in [0.2, 0.25) is 0 Å². The highest BCUT2D eigenvalue weighted by molar-refractivity contribution is 6.11. The van der Waals surface area contributed by atoms with E-state index in [1.54, 1.807) is 6.20 Å². The fraction of sp³-hybridized carbons (Fsp3) is 0. The number of carbonyl (C=O) groups is 1. The highest BCUT2D eigenvalue weighted by atomic mass is 16.1. The Labute approximate surface area is 154 Å². The van der Waals surface area contributed by atoms with Crippen molar-refractivity contribution in [1.29, 1.82) is 0 Å². The number of pyridine rings is 1. The molecular weight excluding hydrogens is 338 g/mol. The topological polar surface area (TPSA) is 86.5 Å². The molecule has 3 aromatic heterocycles. The summed E-state index contributed by atoms with van der Waals surface area (Å²) < 4.78 is 0. The van der Waals surface area contributed by atoms with Crippen molar-refractivity contribution in [1.82, 2.24) is 20.2 Å². The molecule has 1 amide bonds. The average molecular weight is 353 g/mol. The second kappa shape index (κ2) is 6.10. The first-order valence-electron chi connectivity index (χ1n) is 8.56. The predicted molar refractivity (Wildman–Crippen MR) is 106 cm³/mol. The molecule has 5 aromatic rings. The number of nitrogens with zero attached hydrogens (tertiary/aromatic N) is 2. The lowest BCUT2D eigenvalue weighted by Gasteiger charge is -2.03. The Hall–Kier alpha value is -3.93. The van der Waals surface area contributed by atoms with E-state index in [-0.39, 0.29) is 5.91 Å². The van der Waals surface area contributed by atoms with Crippen molar-refractivity contribution >= 4 is 33.5 Å². The van der Waals surface area contributed by atoms with E-state index in [1.165, 1.54) is 0 Å². The quantitative estimate of drug-likeness (QED) is 0.450. The molecule has 0 unspecified atom stereocenters. The Bertz CT molecular complexity index is 1270. The van der Waals surface area contributed by atoms with E-state index in [4.69, 9.17) is 0 Å². The van der Waals surface area contributed by atoms with Crippen molar-refractivity contribution in [2.24, 2.45) is 0 Å². The van der Waals surface area contributed by atoms with Crippen LogP contribution in [0.5, 0.6) is 0 Å². The number of para-hydroxylation sites is 1. The standard InChI is InChI=1S/C21H15N5O/c27-21(19-16-8-4-5-9-17(16)25-26-19)23-15-10-14-11-18(24-20(14)22-12-15)13-6-2-1-3-7-13/h1-12H,(H,22,24)(H,23,27)(H,25,26). The summed E-state index contributed by atoms with van der Waals surface area (Å²) in [7, 11) is 0. The molecule has 0 saturated heterocycles. The number of rotatable bonds is 3. The number of fused-ring (bicyclic) bond motifs is 2. The molecule has 27 heavy (non-hydrogen) atoms. The van der Waals surface area contributed by atoms with Gasteiger partial charge in [-0.15, -0.1) is 0 Å². The maximum atomic E-state index is 12.6. The van der Waals surface area contributed by atoms with Gasteiger partial charge in [0.05, 0.1) is 17.4 Å². The number of nitrogens with one attached hydrogen (secondary N) is 3. The van der Waals surface area contributed by atoms with E-state index < -0.39 is 0 Å². The van der Waals surface area contributed by atoms with Crippen LogP contribution in [0.3, 0.4) is 0 Å². The first-order chi connectivity index (χ1) is 13.3. The van der Waals surface area contributed by atoms with Crippen LogP contribution in [0.15, 0.2) is 72.9 Å². The second-order valence-corrected chi connectivity index (χ2v) is 6.28. The molecule has 0 aliphatic carbocycles. The second-order valence-electron chi connectivity index (χ2n) is 6.28. The summed E-state index contributed by atoms with van der Waals surface area (Å²) in [6, 6.07) is 21.5. The minimum absolute atomic E-state index is 0.271. The van der Waals surface area contributed by atoms with Crippen LogP contribution in [-0.2, 0) is 0 Å². The molecule has 3 heterocycles. The molecule has 3 N–H and O–H groups in total. The number of aromatic amines is 2. The van der Waals surface area contributed by atoms with Gasteiger partial charge in [0.1, 0.15) is 5.65 Å². The Morgan fingerprint density at radius 3 is 2.67 bits per heavy atom. The van der Waals surface area contributed by atoms with E-state index in [0.29, 0.717) is 11.4 Å². The fourth-order valence-corrected chi connectivity index (χ4v) is 3.18. The molecular formula is C21H15N5O. The van der Waals surface area contributed by atoms with Crippen LogP contribution in [0, 0.1) is 0 Å². The molecule has 6 heteroatoms. The summed E-state index contributed by atoms with van der Waals surface area (Å²) in [6.07, 6.45) is 1.64. The van der Waals surface area contributed by atoms with E-state index in [9.17, 15) is 4.79 Å². The Balaban J connectivity index is 1.46. The number of anilines is 1. The molecule has 6 nitrogen and oxygen atoms in total. The summed E-state index contributed by atoms with van der Waals surface area (Å²) in [5.41, 5.74) is 4.67. The van der Waals surface area contributed by atoms with Crippen molar-refractivity contribution in [2.75, 3.05) is 5.32 Å². The van der Waals surface area contributed by atoms with E-state index in [2.05, 4.69) is 25.5 Å². The Morgan fingerprint density at radius 1 is 0.963 bits per heavy atom. The van der Waals surface area contributed by atoms with Crippen LogP contribution in [0.25, 0.3) is 33.2 Å². The lowest BCUT2D eigenvalue weighted by Crippen LogP contribution is -2.12. The molecule has 130 valence electrons. The Morgan fingerprint density at radius 2 is 1.78 bits per heavy atom. The summed E-state index contributed by atoms with van der Waals surface area (Å²) in [5.74, 6) is -0.271. The molecule has 0 aliphatic heterocycles. The van der Waals surface area contributed by atoms with Crippen LogP contribution in [0.1, 0.15) is 10.5 Å². The first kappa shape index (κ1) is 15.3. The number of carbonyl (C=O) groups excluding carboxylic acids is 1. The fourth-order valence-electron chi connectivity index (χ4n) is 3.18. The first-order valence-corrected chi connectivity index (χ1v) is 8.56. The van der Waals surface area contributed by atoms with Crippen LogP contribution in [0.2, 0.25) is 0 Å². The zero-order valence-corrected chi connectivity index (χ0v) is 14.2. The molecule has 5 rings (SSSR count). The van der Waals surface area contributed by atoms with Gasteiger partial charge in [-0.25, -0.2) is 4.98 Å². The lowest BCUT2D eigenvalue weighted by atomic mass is 10.1. The third kappa shape index (κ3) is 2.73. The van der Waals surface area contributed by atoms with Gasteiger partial charge in [-0.2, -0.15) is 5.10 Å². The van der Waals surface area contributed by atoms with Crippen molar-refractivity contribution in [3.63, 3.8) is 0 Å². The molecule has 0 atom stereocenters. The van der Waals surface area contributed by atoms with Crippen molar-refractivity contribution in [2.45, 2.75) is 0 Å². The van der Waals surface area contributed by atoms with E-state index in [1.807, 2.05) is 66.7 Å². The average Bonchev–Trinajstić information content (AvgIpc) is 3.32. The van der Waals surface area contributed by atoms with E-state index in [0.717, 1.165) is 33.2 Å². The zero-order valence-electron chi connectivity index (χ0n) is 14.2. The van der Waals surface area contributed by atoms with Gasteiger partial charge < -0.3 is 10.3 Å². The lowest BCUT2D eigenvalue weighted by molar-refractivity contribution is 0.102. The molecule has 0 aliphatic rings. The highest BCUT2D eigenvalue weighted by Crippen LogP contribution is 2.25. The predicted octanol–water partition coefficient (Wildman–Crippen LogP) is 4.36. The zero-order chi connectivity index (χ0) is 18.2. The molecule has 0 radical (unpaired) electrons. The van der Waals surface area contributed by atoms with Crippen LogP contribution >= 0.6 is 0 Å². The molecule has 0 bridgehead atoms. The largest absolute Gasteiger partial charge is 0.339 e. The minimum Gasteiger partial charge on any atom is -0.339 e. The smallest absolute Gasteiger partial charge is 0.276 e. The molecule has 2 aromatic carbocycles. The van der Waals surface area contributed by atoms with Gasteiger partial charge in [-0.05, 0) is 23.8 Å². The number of hydrogen-bond acceptors (Lipinski definition) is 3. The van der Waals surface area contributed by atoms with Crippen molar-refractivity contribution < 1.29 is 4.79 Å². The number of aromatic nitrogens is 4. The summed E-state index contributed by atoms with van der Waals surface area (Å²) in [4.78, 5) is 20.4. The number of H-pyrrole nitrogens is 2. The monoisotopic (exact) mass is 353 g/mol. The van der Waals surface area contributed by atoms with Gasteiger partial charge in [-0.3, -0.25) is 9.89 Å². The molecule has 0 fully saturated rings. The van der Waals surface area contributed by atoms with Gasteiger partial charge in [0, 0.05) is 16.5 Å². The highest BCUT2D eigenvalue weighted by Gasteiger charge is 2.14. The maximum Gasteiger partial charge on any atom is 0.276 e. The van der Waals surface area contributed by atoms with Crippen LogP contribution in [-0.4, -0.2) is 26.1 Å². The van der Waals surface area contributed by atoms with Crippen molar-refractivity contribution in [3.8, 4) is 11.3 Å². The SMILES string of the molecule is O=C(Nc1cnc2[nH]c(-c3ccccc3)cc2c1)c1n[nH]c2ccccc12. The number of benzene rings is 2. The van der Waals surface area contributed by atoms with E-state index >= 15 is 0 Å². The van der Waals surface area contributed by atoms with Gasteiger partial charge >= 0.3 is 0 Å². The number of amides is 1. The third-order valence-electron chi connectivity index (χ3n) is 4.50. The molecule has 0 saturated carbocycles. The van der Waals surface area contributed by atoms with Gasteiger partial charge in [-0.1, -0.05) is 48.5 Å². The normalized spacial score (nSPS) is 11.1. The number of hydrogen-bond donors (Lipinski definition) is 3. The maximum absolute atomic E-state index is 12.6. The minimum atomic E-state index is -0.271. The molecule has 0 spiro atoms. The van der Waals surface area contributed by atoms with Crippen LogP contribution in [0.4, 0.5) is 5.69 Å². The summed E-state index contributed by atoms with van der Waals surface area (Å²) in [6.45, 7) is 0. The van der Waals surface area contributed by atoms with Crippen LogP contribution < -0.4 is 5.32 Å². The van der Waals surface area contributed by atoms with Gasteiger partial charge in [0.15, 0.2) is 5.69 Å².